The van der Waals surface area contributed by atoms with E-state index in [4.69, 9.17) is 4.74 Å². The van der Waals surface area contributed by atoms with E-state index >= 15 is 0 Å². The minimum atomic E-state index is 0.593. The minimum absolute atomic E-state index is 0.593. The molecular formula is C12H10BrNOS. The van der Waals surface area contributed by atoms with E-state index in [2.05, 4.69) is 20.9 Å². The van der Waals surface area contributed by atoms with E-state index in [0.29, 0.717) is 5.88 Å². The molecule has 0 saturated carbocycles. The predicted octanol–water partition coefficient (Wildman–Crippen LogP) is 4.36. The zero-order valence-electron chi connectivity index (χ0n) is 8.68. The Morgan fingerprint density at radius 2 is 1.94 bits per heavy atom. The molecular weight excluding hydrogens is 286 g/mol. The van der Waals surface area contributed by atoms with Crippen LogP contribution in [0.15, 0.2) is 52.0 Å². The van der Waals surface area contributed by atoms with Crippen LogP contribution in [0.5, 0.6) is 11.6 Å². The molecule has 0 bridgehead atoms. The van der Waals surface area contributed by atoms with Gasteiger partial charge in [-0.1, -0.05) is 18.2 Å². The summed E-state index contributed by atoms with van der Waals surface area (Å²) < 4.78 is 6.49. The fourth-order valence-electron chi connectivity index (χ4n) is 1.26. The Bertz CT molecular complexity index is 490. The topological polar surface area (TPSA) is 22.1 Å². The summed E-state index contributed by atoms with van der Waals surface area (Å²) in [6, 6.07) is 13.5. The Balaban J connectivity index is 2.26. The summed E-state index contributed by atoms with van der Waals surface area (Å²) in [5, 5.41) is 0. The maximum Gasteiger partial charge on any atom is 0.220 e. The molecule has 0 N–H and O–H groups in total. The SMILES string of the molecule is CSc1ccccc1Oc1cccc(Br)n1. The maximum absolute atomic E-state index is 5.72. The third kappa shape index (κ3) is 2.77. The molecule has 0 aliphatic heterocycles. The van der Waals surface area contributed by atoms with E-state index in [1.807, 2.05) is 48.7 Å². The Kier molecular flexibility index (Phi) is 3.85. The van der Waals surface area contributed by atoms with Gasteiger partial charge in [0, 0.05) is 11.0 Å². The predicted molar refractivity (Wildman–Crippen MR) is 70.2 cm³/mol. The number of benzene rings is 1. The lowest BCUT2D eigenvalue weighted by molar-refractivity contribution is 0.451. The Morgan fingerprint density at radius 3 is 2.69 bits per heavy atom. The number of rotatable bonds is 3. The van der Waals surface area contributed by atoms with Gasteiger partial charge in [-0.3, -0.25) is 0 Å². The van der Waals surface area contributed by atoms with Crippen molar-refractivity contribution >= 4 is 27.7 Å². The smallest absolute Gasteiger partial charge is 0.220 e. The number of nitrogens with zero attached hydrogens (tertiary/aromatic N) is 1. The molecule has 2 rings (SSSR count). The van der Waals surface area contributed by atoms with Crippen molar-refractivity contribution in [1.29, 1.82) is 0 Å². The fourth-order valence-corrected chi connectivity index (χ4v) is 2.12. The summed E-state index contributed by atoms with van der Waals surface area (Å²) in [5.74, 6) is 1.43. The van der Waals surface area contributed by atoms with E-state index in [1.54, 1.807) is 11.8 Å². The highest BCUT2D eigenvalue weighted by Gasteiger charge is 2.03. The second kappa shape index (κ2) is 5.37. The molecule has 82 valence electrons. The summed E-state index contributed by atoms with van der Waals surface area (Å²) in [7, 11) is 0. The average Bonchev–Trinajstić information content (AvgIpc) is 2.30. The number of hydrogen-bond donors (Lipinski definition) is 0. The van der Waals surface area contributed by atoms with Gasteiger partial charge in [-0.15, -0.1) is 11.8 Å². The highest BCUT2D eigenvalue weighted by Crippen LogP contribution is 2.30. The van der Waals surface area contributed by atoms with Gasteiger partial charge in [0.25, 0.3) is 0 Å². The van der Waals surface area contributed by atoms with Crippen molar-refractivity contribution in [1.82, 2.24) is 4.98 Å². The number of aromatic nitrogens is 1. The molecule has 0 amide bonds. The van der Waals surface area contributed by atoms with Gasteiger partial charge in [0.1, 0.15) is 10.4 Å². The molecule has 0 spiro atoms. The number of ether oxygens (including phenoxy) is 1. The van der Waals surface area contributed by atoms with Crippen molar-refractivity contribution in [3.8, 4) is 11.6 Å². The number of para-hydroxylation sites is 1. The van der Waals surface area contributed by atoms with Crippen LogP contribution in [0.1, 0.15) is 0 Å². The van der Waals surface area contributed by atoms with Crippen molar-refractivity contribution in [3.05, 3.63) is 47.1 Å². The van der Waals surface area contributed by atoms with Crippen molar-refractivity contribution in [2.75, 3.05) is 6.26 Å². The molecule has 0 radical (unpaired) electrons. The second-order valence-electron chi connectivity index (χ2n) is 3.05. The lowest BCUT2D eigenvalue weighted by atomic mass is 10.3. The zero-order chi connectivity index (χ0) is 11.4. The third-order valence-electron chi connectivity index (χ3n) is 1.97. The number of halogens is 1. The highest BCUT2D eigenvalue weighted by atomic mass is 79.9. The first-order valence-corrected chi connectivity index (χ1v) is 6.75. The molecule has 0 aliphatic carbocycles. The molecule has 1 aromatic heterocycles. The first-order chi connectivity index (χ1) is 7.79. The quantitative estimate of drug-likeness (QED) is 0.620. The van der Waals surface area contributed by atoms with Crippen LogP contribution in [0.4, 0.5) is 0 Å². The summed E-state index contributed by atoms with van der Waals surface area (Å²) >= 11 is 4.97. The van der Waals surface area contributed by atoms with Crippen molar-refractivity contribution in [2.24, 2.45) is 0 Å². The van der Waals surface area contributed by atoms with E-state index in [0.717, 1.165) is 15.2 Å². The standard InChI is InChI=1S/C12H10BrNOS/c1-16-10-6-3-2-5-9(10)15-12-8-4-7-11(13)14-12/h2-8H,1H3. The average molecular weight is 296 g/mol. The molecule has 4 heteroatoms. The molecule has 0 fully saturated rings. The molecule has 0 aliphatic rings. The monoisotopic (exact) mass is 295 g/mol. The summed E-state index contributed by atoms with van der Waals surface area (Å²) in [6.45, 7) is 0. The van der Waals surface area contributed by atoms with Crippen LogP contribution in [0, 0.1) is 0 Å². The molecule has 1 heterocycles. The van der Waals surface area contributed by atoms with Gasteiger partial charge in [-0.05, 0) is 40.4 Å². The minimum Gasteiger partial charge on any atom is -0.438 e. The molecule has 2 aromatic rings. The molecule has 1 aromatic carbocycles. The summed E-state index contributed by atoms with van der Waals surface area (Å²) in [4.78, 5) is 5.33. The van der Waals surface area contributed by atoms with E-state index in [-0.39, 0.29) is 0 Å². The summed E-state index contributed by atoms with van der Waals surface area (Å²) in [6.07, 6.45) is 2.02. The third-order valence-corrected chi connectivity index (χ3v) is 3.19. The van der Waals surface area contributed by atoms with Crippen molar-refractivity contribution < 1.29 is 4.74 Å². The van der Waals surface area contributed by atoms with Gasteiger partial charge in [0.05, 0.1) is 0 Å². The first-order valence-electron chi connectivity index (χ1n) is 4.73. The van der Waals surface area contributed by atoms with Crippen molar-refractivity contribution in [2.45, 2.75) is 4.90 Å². The van der Waals surface area contributed by atoms with Crippen LogP contribution in [0.2, 0.25) is 0 Å². The molecule has 0 saturated heterocycles. The highest BCUT2D eigenvalue weighted by molar-refractivity contribution is 9.10. The Morgan fingerprint density at radius 1 is 1.12 bits per heavy atom. The van der Waals surface area contributed by atoms with Gasteiger partial charge in [-0.25, -0.2) is 4.98 Å². The maximum atomic E-state index is 5.72. The van der Waals surface area contributed by atoms with E-state index < -0.39 is 0 Å². The van der Waals surface area contributed by atoms with E-state index in [1.165, 1.54) is 0 Å². The van der Waals surface area contributed by atoms with Gasteiger partial charge < -0.3 is 4.74 Å². The Hall–Kier alpha value is -1.000. The molecule has 16 heavy (non-hydrogen) atoms. The summed E-state index contributed by atoms with van der Waals surface area (Å²) in [5.41, 5.74) is 0. The largest absolute Gasteiger partial charge is 0.438 e. The lowest BCUT2D eigenvalue weighted by Crippen LogP contribution is -1.89. The van der Waals surface area contributed by atoms with Crippen LogP contribution in [-0.2, 0) is 0 Å². The second-order valence-corrected chi connectivity index (χ2v) is 4.71. The fraction of sp³-hybridized carbons (Fsp3) is 0.0833. The van der Waals surface area contributed by atoms with Gasteiger partial charge in [0.15, 0.2) is 0 Å². The van der Waals surface area contributed by atoms with Crippen LogP contribution < -0.4 is 4.74 Å². The molecule has 0 unspecified atom stereocenters. The zero-order valence-corrected chi connectivity index (χ0v) is 11.1. The van der Waals surface area contributed by atoms with Crippen LogP contribution in [0.3, 0.4) is 0 Å². The van der Waals surface area contributed by atoms with Crippen LogP contribution >= 0.6 is 27.7 Å². The van der Waals surface area contributed by atoms with Crippen molar-refractivity contribution in [3.63, 3.8) is 0 Å². The first kappa shape index (κ1) is 11.5. The normalized spacial score (nSPS) is 10.1. The van der Waals surface area contributed by atoms with Crippen LogP contribution in [-0.4, -0.2) is 11.2 Å². The van der Waals surface area contributed by atoms with Gasteiger partial charge in [0.2, 0.25) is 5.88 Å². The number of pyridine rings is 1. The van der Waals surface area contributed by atoms with Gasteiger partial charge >= 0.3 is 0 Å². The van der Waals surface area contributed by atoms with Crippen LogP contribution in [0.25, 0.3) is 0 Å². The number of thioether (sulfide) groups is 1. The molecule has 0 atom stereocenters. The molecule has 2 nitrogen and oxygen atoms in total. The van der Waals surface area contributed by atoms with Gasteiger partial charge in [-0.2, -0.15) is 0 Å². The van der Waals surface area contributed by atoms with E-state index in [9.17, 15) is 0 Å². The Labute approximate surface area is 107 Å². The lowest BCUT2D eigenvalue weighted by Gasteiger charge is -2.08. The number of hydrogen-bond acceptors (Lipinski definition) is 3.